The molecular weight excluding hydrogens is 481 g/mol. The third kappa shape index (κ3) is 5.81. The van der Waals surface area contributed by atoms with Crippen LogP contribution in [0.1, 0.15) is 51.0 Å². The number of rotatable bonds is 4. The van der Waals surface area contributed by atoms with Crippen molar-refractivity contribution in [2.45, 2.75) is 51.7 Å². The SMILES string of the molecule is CC1(NC(=O)OC(C)(C)C)CCN(c2nc(N)c(-c3cccc(Cl)c3Cl)c(C(=O)NN)n2)CC1. The summed E-state index contributed by atoms with van der Waals surface area (Å²) in [5.41, 5.74) is 7.97. The second-order valence-electron chi connectivity index (χ2n) is 9.38. The summed E-state index contributed by atoms with van der Waals surface area (Å²) in [6.07, 6.45) is 0.750. The van der Waals surface area contributed by atoms with Crippen LogP contribution in [0.5, 0.6) is 0 Å². The van der Waals surface area contributed by atoms with Gasteiger partial charge in [-0.1, -0.05) is 35.3 Å². The summed E-state index contributed by atoms with van der Waals surface area (Å²) in [4.78, 5) is 35.6. The molecule has 2 heterocycles. The van der Waals surface area contributed by atoms with E-state index in [2.05, 4.69) is 20.7 Å². The highest BCUT2D eigenvalue weighted by Crippen LogP contribution is 2.38. The molecule has 12 heteroatoms. The van der Waals surface area contributed by atoms with Crippen LogP contribution >= 0.6 is 23.2 Å². The van der Waals surface area contributed by atoms with E-state index in [9.17, 15) is 9.59 Å². The van der Waals surface area contributed by atoms with E-state index in [0.717, 1.165) is 0 Å². The van der Waals surface area contributed by atoms with Crippen LogP contribution in [-0.2, 0) is 4.74 Å². The summed E-state index contributed by atoms with van der Waals surface area (Å²) in [7, 11) is 0. The number of aromatic nitrogens is 2. The number of amides is 2. The van der Waals surface area contributed by atoms with Crippen LogP contribution in [0.25, 0.3) is 11.1 Å². The number of piperidine rings is 1. The number of ether oxygens (including phenoxy) is 1. The molecule has 3 rings (SSSR count). The lowest BCUT2D eigenvalue weighted by molar-refractivity contribution is 0.0448. The van der Waals surface area contributed by atoms with Crippen molar-refractivity contribution in [1.29, 1.82) is 0 Å². The van der Waals surface area contributed by atoms with Gasteiger partial charge in [-0.2, -0.15) is 4.98 Å². The second kappa shape index (κ2) is 9.81. The summed E-state index contributed by atoms with van der Waals surface area (Å²) in [6, 6.07) is 4.98. The number of carbonyl (C=O) groups is 2. The van der Waals surface area contributed by atoms with Crippen molar-refractivity contribution in [3.05, 3.63) is 33.9 Å². The molecule has 0 unspecified atom stereocenters. The Morgan fingerprint density at radius 2 is 1.82 bits per heavy atom. The third-order valence-electron chi connectivity index (χ3n) is 5.44. The first kappa shape index (κ1) is 25.8. The van der Waals surface area contributed by atoms with Crippen molar-refractivity contribution in [3.63, 3.8) is 0 Å². The largest absolute Gasteiger partial charge is 0.444 e. The first-order valence-electron chi connectivity index (χ1n) is 10.7. The molecule has 10 nitrogen and oxygen atoms in total. The molecule has 0 radical (unpaired) electrons. The van der Waals surface area contributed by atoms with Gasteiger partial charge in [0.1, 0.15) is 17.1 Å². The van der Waals surface area contributed by atoms with Crippen LogP contribution in [-0.4, -0.2) is 46.2 Å². The number of anilines is 2. The maximum absolute atomic E-state index is 12.6. The fourth-order valence-corrected chi connectivity index (χ4v) is 4.07. The number of nitrogens with one attached hydrogen (secondary N) is 2. The van der Waals surface area contributed by atoms with Crippen molar-refractivity contribution in [2.75, 3.05) is 23.7 Å². The Hall–Kier alpha value is -2.82. The molecule has 1 saturated heterocycles. The van der Waals surface area contributed by atoms with Gasteiger partial charge in [0.25, 0.3) is 5.91 Å². The van der Waals surface area contributed by atoms with E-state index in [0.29, 0.717) is 36.5 Å². The minimum atomic E-state index is -0.644. The number of hydrogen-bond acceptors (Lipinski definition) is 8. The predicted molar refractivity (Wildman–Crippen MR) is 133 cm³/mol. The Kier molecular flexibility index (Phi) is 7.44. The summed E-state index contributed by atoms with van der Waals surface area (Å²) in [5.74, 6) is 5.09. The van der Waals surface area contributed by atoms with Crippen molar-refractivity contribution in [2.24, 2.45) is 5.84 Å². The van der Waals surface area contributed by atoms with Crippen molar-refractivity contribution in [1.82, 2.24) is 20.7 Å². The molecule has 1 aliphatic rings. The molecule has 0 atom stereocenters. The normalized spacial score (nSPS) is 15.6. The fraction of sp³-hybridized carbons (Fsp3) is 0.455. The van der Waals surface area contributed by atoms with E-state index in [1.54, 1.807) is 18.2 Å². The highest BCUT2D eigenvalue weighted by molar-refractivity contribution is 6.44. The Balaban J connectivity index is 1.87. The molecule has 1 aliphatic heterocycles. The van der Waals surface area contributed by atoms with Gasteiger partial charge in [-0.05, 0) is 46.6 Å². The van der Waals surface area contributed by atoms with Gasteiger partial charge in [0.15, 0.2) is 0 Å². The average Bonchev–Trinajstić information content (AvgIpc) is 2.73. The van der Waals surface area contributed by atoms with E-state index in [4.69, 9.17) is 39.5 Å². The summed E-state index contributed by atoms with van der Waals surface area (Å²) >= 11 is 12.5. The molecule has 0 spiro atoms. The number of nitrogen functional groups attached to an aromatic ring is 2. The van der Waals surface area contributed by atoms with Crippen LogP contribution in [0.15, 0.2) is 18.2 Å². The van der Waals surface area contributed by atoms with Crippen LogP contribution < -0.4 is 27.2 Å². The number of alkyl carbamates (subject to hydrolysis) is 1. The summed E-state index contributed by atoms with van der Waals surface area (Å²) in [6.45, 7) is 8.44. The number of nitrogens with zero attached hydrogens (tertiary/aromatic N) is 3. The number of halogens is 2. The zero-order valence-corrected chi connectivity index (χ0v) is 21.0. The molecule has 1 fully saturated rings. The Labute approximate surface area is 208 Å². The molecular formula is C22H29Cl2N7O3. The van der Waals surface area contributed by atoms with Crippen molar-refractivity contribution in [3.8, 4) is 11.1 Å². The first-order valence-corrected chi connectivity index (χ1v) is 11.5. The van der Waals surface area contributed by atoms with E-state index >= 15 is 0 Å². The van der Waals surface area contributed by atoms with Crippen LogP contribution in [0.2, 0.25) is 10.0 Å². The minimum absolute atomic E-state index is 0.0191. The van der Waals surface area contributed by atoms with Gasteiger partial charge >= 0.3 is 6.09 Å². The van der Waals surface area contributed by atoms with Crippen LogP contribution in [0.3, 0.4) is 0 Å². The van der Waals surface area contributed by atoms with Gasteiger partial charge in [0, 0.05) is 24.2 Å². The lowest BCUT2D eigenvalue weighted by Crippen LogP contribution is -2.54. The molecule has 34 heavy (non-hydrogen) atoms. The zero-order valence-electron chi connectivity index (χ0n) is 19.5. The van der Waals surface area contributed by atoms with Crippen LogP contribution in [0, 0.1) is 0 Å². The average molecular weight is 510 g/mol. The minimum Gasteiger partial charge on any atom is -0.444 e. The third-order valence-corrected chi connectivity index (χ3v) is 6.26. The number of carbonyl (C=O) groups excluding carboxylic acids is 2. The molecule has 0 aliphatic carbocycles. The number of hydrogen-bond donors (Lipinski definition) is 4. The smallest absolute Gasteiger partial charge is 0.408 e. The Bertz CT molecular complexity index is 1100. The zero-order chi connectivity index (χ0) is 25.3. The molecule has 184 valence electrons. The monoisotopic (exact) mass is 509 g/mol. The van der Waals surface area contributed by atoms with E-state index in [1.165, 1.54) is 0 Å². The van der Waals surface area contributed by atoms with Crippen LogP contribution in [0.4, 0.5) is 16.6 Å². The number of hydrazine groups is 1. The summed E-state index contributed by atoms with van der Waals surface area (Å²) in [5, 5.41) is 3.48. The van der Waals surface area contributed by atoms with Gasteiger partial charge in [0.05, 0.1) is 15.6 Å². The van der Waals surface area contributed by atoms with Gasteiger partial charge in [-0.25, -0.2) is 15.6 Å². The second-order valence-corrected chi connectivity index (χ2v) is 10.2. The van der Waals surface area contributed by atoms with E-state index < -0.39 is 23.1 Å². The quantitative estimate of drug-likeness (QED) is 0.277. The Morgan fingerprint density at radius 1 is 1.18 bits per heavy atom. The number of nitrogens with two attached hydrogens (primary N) is 2. The molecule has 0 bridgehead atoms. The fourth-order valence-electron chi connectivity index (χ4n) is 3.68. The molecule has 1 aromatic heterocycles. The molecule has 0 saturated carbocycles. The van der Waals surface area contributed by atoms with Crippen molar-refractivity contribution >= 4 is 47.0 Å². The predicted octanol–water partition coefficient (Wildman–Crippen LogP) is 3.52. The van der Waals surface area contributed by atoms with Gasteiger partial charge in [-0.3, -0.25) is 10.2 Å². The Morgan fingerprint density at radius 3 is 2.41 bits per heavy atom. The molecule has 1 aromatic carbocycles. The molecule has 6 N–H and O–H groups in total. The van der Waals surface area contributed by atoms with E-state index in [-0.39, 0.29) is 28.0 Å². The summed E-state index contributed by atoms with van der Waals surface area (Å²) < 4.78 is 5.38. The van der Waals surface area contributed by atoms with Crippen molar-refractivity contribution < 1.29 is 14.3 Å². The maximum Gasteiger partial charge on any atom is 0.408 e. The maximum atomic E-state index is 12.6. The molecule has 2 amide bonds. The van der Waals surface area contributed by atoms with Gasteiger partial charge in [-0.15, -0.1) is 0 Å². The lowest BCUT2D eigenvalue weighted by atomic mass is 9.90. The van der Waals surface area contributed by atoms with Gasteiger partial charge in [0.2, 0.25) is 5.95 Å². The van der Waals surface area contributed by atoms with E-state index in [1.807, 2.05) is 32.6 Å². The van der Waals surface area contributed by atoms with Gasteiger partial charge < -0.3 is 20.7 Å². The lowest BCUT2D eigenvalue weighted by Gasteiger charge is -2.40. The number of benzene rings is 1. The topological polar surface area (TPSA) is 148 Å². The highest BCUT2D eigenvalue weighted by Gasteiger charge is 2.34. The molecule has 2 aromatic rings. The first-order chi connectivity index (χ1) is 15.8. The standard InChI is InChI=1S/C22H29Cl2N7O3/c1-21(2,3)34-20(33)29-22(4)8-10-31(11-9-22)19-27-16(18(32)30-26)14(17(25)28-19)12-6-5-7-13(23)15(12)24/h5-7H,8-11,26H2,1-4H3,(H,29,33)(H,30,32)(H2,25,27,28). The highest BCUT2D eigenvalue weighted by atomic mass is 35.5.